The highest BCUT2D eigenvalue weighted by molar-refractivity contribution is 7.82. The maximum atomic E-state index is 13.4. The summed E-state index contributed by atoms with van der Waals surface area (Å²) in [5, 5.41) is 2.88. The van der Waals surface area contributed by atoms with Gasteiger partial charge in [-0.15, -0.1) is 0 Å². The van der Waals surface area contributed by atoms with Crippen molar-refractivity contribution in [3.8, 4) is 0 Å². The number of hydrogen-bond donors (Lipinski definition) is 1. The minimum atomic E-state index is -1.71. The topological polar surface area (TPSA) is 49.4 Å². The second kappa shape index (κ2) is 8.05. The van der Waals surface area contributed by atoms with Crippen molar-refractivity contribution in [2.24, 2.45) is 0 Å². The van der Waals surface area contributed by atoms with Gasteiger partial charge in [0, 0.05) is 13.1 Å². The predicted molar refractivity (Wildman–Crippen MR) is 95.5 cm³/mol. The van der Waals surface area contributed by atoms with E-state index in [0.29, 0.717) is 19.5 Å². The number of nitrogens with one attached hydrogen (secondary N) is 1. The lowest BCUT2D eigenvalue weighted by atomic mass is 10.1. The molecule has 7 heteroatoms. The van der Waals surface area contributed by atoms with E-state index in [1.807, 2.05) is 31.2 Å². The Bertz CT molecular complexity index is 844. The van der Waals surface area contributed by atoms with Gasteiger partial charge in [0.25, 0.3) is 0 Å². The smallest absolute Gasteiger partial charge is 0.238 e. The van der Waals surface area contributed by atoms with Crippen LogP contribution in [0, 0.1) is 18.6 Å². The number of halogens is 2. The highest BCUT2D eigenvalue weighted by atomic mass is 32.2. The predicted octanol–water partition coefficient (Wildman–Crippen LogP) is 3.08. The summed E-state index contributed by atoms with van der Waals surface area (Å²) in [4.78, 5) is 12.7. The van der Waals surface area contributed by atoms with E-state index in [1.165, 1.54) is 10.4 Å². The summed E-state index contributed by atoms with van der Waals surface area (Å²) in [6.45, 7) is 2.84. The summed E-state index contributed by atoms with van der Waals surface area (Å²) in [6, 6.07) is 10.4. The second-order valence-corrected chi connectivity index (χ2v) is 7.77. The van der Waals surface area contributed by atoms with Crippen molar-refractivity contribution in [2.45, 2.75) is 37.2 Å². The lowest BCUT2D eigenvalue weighted by molar-refractivity contribution is -0.124. The Morgan fingerprint density at radius 2 is 2.04 bits per heavy atom. The van der Waals surface area contributed by atoms with E-state index >= 15 is 0 Å². The third kappa shape index (κ3) is 4.16. The van der Waals surface area contributed by atoms with Crippen molar-refractivity contribution in [1.82, 2.24) is 9.62 Å². The Kier molecular flexibility index (Phi) is 5.78. The third-order valence-electron chi connectivity index (χ3n) is 4.36. The van der Waals surface area contributed by atoms with Gasteiger partial charge in [0.2, 0.25) is 5.91 Å². The van der Waals surface area contributed by atoms with Gasteiger partial charge in [0.1, 0.15) is 17.0 Å². The van der Waals surface area contributed by atoms with Crippen LogP contribution < -0.4 is 5.32 Å². The molecule has 0 saturated carbocycles. The fraction of sp³-hybridized carbons (Fsp3) is 0.316. The monoisotopic (exact) mass is 378 g/mol. The van der Waals surface area contributed by atoms with Gasteiger partial charge in [-0.1, -0.05) is 29.8 Å². The van der Waals surface area contributed by atoms with Crippen molar-refractivity contribution in [3.05, 3.63) is 65.2 Å². The number of nitrogens with zero attached hydrogens (tertiary/aromatic N) is 1. The zero-order chi connectivity index (χ0) is 18.7. The van der Waals surface area contributed by atoms with Gasteiger partial charge in [-0.25, -0.2) is 17.3 Å². The van der Waals surface area contributed by atoms with Crippen LogP contribution in [-0.2, 0) is 22.3 Å². The molecule has 1 heterocycles. The first-order valence-electron chi connectivity index (χ1n) is 8.42. The van der Waals surface area contributed by atoms with E-state index < -0.39 is 28.7 Å². The van der Waals surface area contributed by atoms with Gasteiger partial charge in [0.15, 0.2) is 11.6 Å². The van der Waals surface area contributed by atoms with E-state index in [0.717, 1.165) is 29.7 Å². The minimum Gasteiger partial charge on any atom is -0.351 e. The van der Waals surface area contributed by atoms with Gasteiger partial charge in [0.05, 0.1) is 4.90 Å². The molecule has 138 valence electrons. The van der Waals surface area contributed by atoms with Crippen LogP contribution in [0.1, 0.15) is 24.0 Å². The van der Waals surface area contributed by atoms with Crippen LogP contribution in [0.4, 0.5) is 8.78 Å². The summed E-state index contributed by atoms with van der Waals surface area (Å²) >= 11 is 0. The van der Waals surface area contributed by atoms with Gasteiger partial charge in [-0.2, -0.15) is 0 Å². The molecule has 1 aliphatic rings. The molecule has 26 heavy (non-hydrogen) atoms. The van der Waals surface area contributed by atoms with Gasteiger partial charge < -0.3 is 5.32 Å². The van der Waals surface area contributed by atoms with E-state index in [2.05, 4.69) is 5.32 Å². The Morgan fingerprint density at radius 3 is 2.77 bits per heavy atom. The molecule has 0 spiro atoms. The number of amides is 1. The molecule has 0 radical (unpaired) electrons. The van der Waals surface area contributed by atoms with E-state index in [-0.39, 0.29) is 10.8 Å². The van der Waals surface area contributed by atoms with Crippen molar-refractivity contribution >= 4 is 16.9 Å². The normalized spacial score (nSPS) is 18.7. The van der Waals surface area contributed by atoms with Gasteiger partial charge >= 0.3 is 0 Å². The Morgan fingerprint density at radius 1 is 1.23 bits per heavy atom. The quantitative estimate of drug-likeness (QED) is 0.869. The first kappa shape index (κ1) is 18.7. The molecule has 2 unspecified atom stereocenters. The van der Waals surface area contributed by atoms with Crippen LogP contribution in [0.25, 0.3) is 0 Å². The van der Waals surface area contributed by atoms with Crippen LogP contribution in [-0.4, -0.2) is 27.0 Å². The zero-order valence-corrected chi connectivity index (χ0v) is 15.2. The largest absolute Gasteiger partial charge is 0.351 e. The summed E-state index contributed by atoms with van der Waals surface area (Å²) in [6.07, 6.45) is 1.30. The second-order valence-electron chi connectivity index (χ2n) is 6.33. The number of carbonyl (C=O) groups is 1. The SMILES string of the molecule is Cc1cccc(CNC(=O)C2CCCN2S(=O)c2ccc(F)c(F)c2)c1. The number of rotatable bonds is 5. The molecule has 2 aromatic rings. The number of aryl methyl sites for hydroxylation is 1. The molecule has 0 bridgehead atoms. The van der Waals surface area contributed by atoms with E-state index in [4.69, 9.17) is 0 Å². The van der Waals surface area contributed by atoms with Crippen molar-refractivity contribution in [1.29, 1.82) is 0 Å². The summed E-state index contributed by atoms with van der Waals surface area (Å²) < 4.78 is 40.8. The molecule has 3 rings (SSSR count). The number of benzene rings is 2. The minimum absolute atomic E-state index is 0.155. The first-order valence-corrected chi connectivity index (χ1v) is 9.53. The van der Waals surface area contributed by atoms with Crippen LogP contribution >= 0.6 is 0 Å². The highest BCUT2D eigenvalue weighted by Gasteiger charge is 2.35. The van der Waals surface area contributed by atoms with Crippen LogP contribution in [0.2, 0.25) is 0 Å². The maximum Gasteiger partial charge on any atom is 0.238 e. The molecule has 1 N–H and O–H groups in total. The number of hydrogen-bond acceptors (Lipinski definition) is 2. The van der Waals surface area contributed by atoms with Gasteiger partial charge in [-0.05, 0) is 43.5 Å². The fourth-order valence-electron chi connectivity index (χ4n) is 3.05. The summed E-state index contributed by atoms with van der Waals surface area (Å²) in [7, 11) is -1.71. The molecule has 1 aliphatic heterocycles. The van der Waals surface area contributed by atoms with Crippen molar-refractivity contribution < 1.29 is 17.8 Å². The average Bonchev–Trinajstić information content (AvgIpc) is 3.11. The molecular weight excluding hydrogens is 358 g/mol. The molecule has 0 aliphatic carbocycles. The van der Waals surface area contributed by atoms with Crippen molar-refractivity contribution in [2.75, 3.05) is 6.54 Å². The standard InChI is InChI=1S/C19H20F2N2O2S/c1-13-4-2-5-14(10-13)12-22-19(24)18-6-3-9-23(18)26(25)15-7-8-16(20)17(21)11-15/h2,4-5,7-8,10-11,18H,3,6,9,12H2,1H3,(H,22,24). The first-order chi connectivity index (χ1) is 12.5. The Labute approximate surface area is 153 Å². The maximum absolute atomic E-state index is 13.4. The van der Waals surface area contributed by atoms with Gasteiger partial charge in [-0.3, -0.25) is 4.79 Å². The third-order valence-corrected chi connectivity index (χ3v) is 5.88. The van der Waals surface area contributed by atoms with Crippen LogP contribution in [0.15, 0.2) is 47.4 Å². The summed E-state index contributed by atoms with van der Waals surface area (Å²) in [5.74, 6) is -2.24. The zero-order valence-electron chi connectivity index (χ0n) is 14.4. The lowest BCUT2D eigenvalue weighted by Gasteiger charge is -2.22. The molecule has 2 aromatic carbocycles. The Hall–Kier alpha value is -2.12. The molecule has 1 fully saturated rings. The molecule has 1 saturated heterocycles. The molecule has 4 nitrogen and oxygen atoms in total. The highest BCUT2D eigenvalue weighted by Crippen LogP contribution is 2.24. The fourth-order valence-corrected chi connectivity index (χ4v) is 4.44. The molecule has 2 atom stereocenters. The van der Waals surface area contributed by atoms with E-state index in [9.17, 15) is 17.8 Å². The molecule has 0 aromatic heterocycles. The van der Waals surface area contributed by atoms with Crippen LogP contribution in [0.5, 0.6) is 0 Å². The average molecular weight is 378 g/mol. The van der Waals surface area contributed by atoms with Crippen molar-refractivity contribution in [3.63, 3.8) is 0 Å². The lowest BCUT2D eigenvalue weighted by Crippen LogP contribution is -2.43. The molecular formula is C19H20F2N2O2S. The van der Waals surface area contributed by atoms with E-state index in [1.54, 1.807) is 0 Å². The molecule has 1 amide bonds. The number of carbonyl (C=O) groups excluding carboxylic acids is 1. The van der Waals surface area contributed by atoms with Crippen LogP contribution in [0.3, 0.4) is 0 Å². The Balaban J connectivity index is 1.67. The summed E-state index contributed by atoms with van der Waals surface area (Å²) in [5.41, 5.74) is 2.10.